The molecular weight excluding hydrogens is 368 g/mol. The number of hydrogen-bond donors (Lipinski definition) is 2. The van der Waals surface area contributed by atoms with Gasteiger partial charge < -0.3 is 10.6 Å². The third-order valence-electron chi connectivity index (χ3n) is 3.66. The molecule has 2 nitrogen and oxygen atoms in total. The SMILES string of the molecule is CC(C)c1ccc(CCCNC(=S)Nc2cccc(Br)c2)cc1. The van der Waals surface area contributed by atoms with E-state index in [0.29, 0.717) is 11.0 Å². The summed E-state index contributed by atoms with van der Waals surface area (Å²) in [5.74, 6) is 0.590. The van der Waals surface area contributed by atoms with Crippen molar-refractivity contribution in [2.45, 2.75) is 32.6 Å². The number of thiocarbonyl (C=S) groups is 1. The van der Waals surface area contributed by atoms with Crippen LogP contribution < -0.4 is 10.6 Å². The highest BCUT2D eigenvalue weighted by Gasteiger charge is 2.00. The molecular formula is C19H23BrN2S. The maximum Gasteiger partial charge on any atom is 0.170 e. The molecule has 0 unspecified atom stereocenters. The van der Waals surface area contributed by atoms with Gasteiger partial charge in [0.25, 0.3) is 0 Å². The van der Waals surface area contributed by atoms with Crippen molar-refractivity contribution in [3.63, 3.8) is 0 Å². The van der Waals surface area contributed by atoms with Crippen LogP contribution in [0, 0.1) is 0 Å². The molecule has 2 N–H and O–H groups in total. The highest BCUT2D eigenvalue weighted by molar-refractivity contribution is 9.10. The summed E-state index contributed by atoms with van der Waals surface area (Å²) in [6.07, 6.45) is 2.12. The topological polar surface area (TPSA) is 24.1 Å². The number of halogens is 1. The van der Waals surface area contributed by atoms with Gasteiger partial charge in [-0.25, -0.2) is 0 Å². The van der Waals surface area contributed by atoms with Crippen molar-refractivity contribution in [1.82, 2.24) is 5.32 Å². The van der Waals surface area contributed by atoms with E-state index in [2.05, 4.69) is 64.7 Å². The number of benzene rings is 2. The van der Waals surface area contributed by atoms with Gasteiger partial charge in [0.05, 0.1) is 0 Å². The van der Waals surface area contributed by atoms with Crippen molar-refractivity contribution in [2.24, 2.45) is 0 Å². The van der Waals surface area contributed by atoms with Gasteiger partial charge in [0, 0.05) is 16.7 Å². The summed E-state index contributed by atoms with van der Waals surface area (Å²) in [5.41, 5.74) is 3.76. The fraction of sp³-hybridized carbons (Fsp3) is 0.316. The van der Waals surface area contributed by atoms with Crippen molar-refractivity contribution in [3.8, 4) is 0 Å². The molecule has 0 atom stereocenters. The molecule has 2 rings (SSSR count). The molecule has 2 aromatic carbocycles. The molecule has 4 heteroatoms. The third-order valence-corrected chi connectivity index (χ3v) is 4.40. The van der Waals surface area contributed by atoms with Gasteiger partial charge in [-0.3, -0.25) is 0 Å². The van der Waals surface area contributed by atoms with Gasteiger partial charge in [-0.1, -0.05) is 60.1 Å². The molecule has 0 fully saturated rings. The average Bonchev–Trinajstić information content (AvgIpc) is 2.52. The zero-order valence-electron chi connectivity index (χ0n) is 13.6. The highest BCUT2D eigenvalue weighted by Crippen LogP contribution is 2.16. The average molecular weight is 391 g/mol. The number of rotatable bonds is 6. The highest BCUT2D eigenvalue weighted by atomic mass is 79.9. The Morgan fingerprint density at radius 2 is 1.87 bits per heavy atom. The first-order chi connectivity index (χ1) is 11.0. The fourth-order valence-electron chi connectivity index (χ4n) is 2.31. The minimum Gasteiger partial charge on any atom is -0.362 e. The molecule has 0 bridgehead atoms. The van der Waals surface area contributed by atoms with Crippen LogP contribution in [-0.2, 0) is 6.42 Å². The molecule has 2 aromatic rings. The van der Waals surface area contributed by atoms with Gasteiger partial charge in [-0.05, 0) is 60.3 Å². The largest absolute Gasteiger partial charge is 0.362 e. The predicted octanol–water partition coefficient (Wildman–Crippen LogP) is 5.49. The van der Waals surface area contributed by atoms with Crippen LogP contribution in [0.4, 0.5) is 5.69 Å². The second kappa shape index (κ2) is 9.04. The Balaban J connectivity index is 1.69. The van der Waals surface area contributed by atoms with E-state index < -0.39 is 0 Å². The summed E-state index contributed by atoms with van der Waals surface area (Å²) >= 11 is 8.77. The molecule has 0 heterocycles. The minimum absolute atomic E-state index is 0.590. The Morgan fingerprint density at radius 1 is 1.13 bits per heavy atom. The van der Waals surface area contributed by atoms with E-state index in [1.807, 2.05) is 24.3 Å². The van der Waals surface area contributed by atoms with Crippen molar-refractivity contribution in [1.29, 1.82) is 0 Å². The Kier molecular flexibility index (Phi) is 7.06. The normalized spacial score (nSPS) is 10.6. The van der Waals surface area contributed by atoms with Gasteiger partial charge >= 0.3 is 0 Å². The molecule has 23 heavy (non-hydrogen) atoms. The zero-order valence-corrected chi connectivity index (χ0v) is 16.0. The quantitative estimate of drug-likeness (QED) is 0.503. The van der Waals surface area contributed by atoms with E-state index >= 15 is 0 Å². The first kappa shape index (κ1) is 18.0. The maximum atomic E-state index is 5.32. The second-order valence-electron chi connectivity index (χ2n) is 5.89. The maximum absolute atomic E-state index is 5.32. The lowest BCUT2D eigenvalue weighted by Crippen LogP contribution is -2.29. The molecule has 0 spiro atoms. The monoisotopic (exact) mass is 390 g/mol. The molecule has 0 saturated carbocycles. The van der Waals surface area contributed by atoms with E-state index in [4.69, 9.17) is 12.2 Å². The second-order valence-corrected chi connectivity index (χ2v) is 7.22. The van der Waals surface area contributed by atoms with Gasteiger partial charge in [0.2, 0.25) is 0 Å². The Hall–Kier alpha value is -1.39. The van der Waals surface area contributed by atoms with Crippen LogP contribution in [0.1, 0.15) is 37.3 Å². The standard InChI is InChI=1S/C19H23BrN2S/c1-14(2)16-10-8-15(9-11-16)5-4-12-21-19(23)22-18-7-3-6-17(20)13-18/h3,6-11,13-14H,4-5,12H2,1-2H3,(H2,21,22,23). The first-order valence-corrected chi connectivity index (χ1v) is 9.14. The van der Waals surface area contributed by atoms with Gasteiger partial charge in [-0.2, -0.15) is 0 Å². The summed E-state index contributed by atoms with van der Waals surface area (Å²) in [7, 11) is 0. The van der Waals surface area contributed by atoms with E-state index in [9.17, 15) is 0 Å². The summed E-state index contributed by atoms with van der Waals surface area (Å²) in [6, 6.07) is 16.9. The first-order valence-electron chi connectivity index (χ1n) is 7.94. The molecule has 0 aromatic heterocycles. The molecule has 0 aliphatic rings. The van der Waals surface area contributed by atoms with Crippen molar-refractivity contribution >= 4 is 38.9 Å². The lowest BCUT2D eigenvalue weighted by molar-refractivity contribution is 0.776. The Bertz CT molecular complexity index is 638. The smallest absolute Gasteiger partial charge is 0.170 e. The van der Waals surface area contributed by atoms with Crippen LogP contribution in [0.15, 0.2) is 53.0 Å². The zero-order chi connectivity index (χ0) is 16.7. The lowest BCUT2D eigenvalue weighted by atomic mass is 10.0. The molecule has 0 amide bonds. The van der Waals surface area contributed by atoms with Crippen LogP contribution in [-0.4, -0.2) is 11.7 Å². The van der Waals surface area contributed by atoms with Crippen LogP contribution in [0.25, 0.3) is 0 Å². The van der Waals surface area contributed by atoms with Crippen molar-refractivity contribution < 1.29 is 0 Å². The van der Waals surface area contributed by atoms with E-state index in [1.54, 1.807) is 0 Å². The number of anilines is 1. The number of nitrogens with one attached hydrogen (secondary N) is 2. The summed E-state index contributed by atoms with van der Waals surface area (Å²) < 4.78 is 1.04. The third kappa shape index (κ3) is 6.32. The van der Waals surface area contributed by atoms with Crippen molar-refractivity contribution in [3.05, 3.63) is 64.1 Å². The van der Waals surface area contributed by atoms with E-state index in [0.717, 1.165) is 29.5 Å². The predicted molar refractivity (Wildman–Crippen MR) is 107 cm³/mol. The molecule has 0 aliphatic heterocycles. The fourth-order valence-corrected chi connectivity index (χ4v) is 2.92. The van der Waals surface area contributed by atoms with Crippen LogP contribution >= 0.6 is 28.1 Å². The van der Waals surface area contributed by atoms with Crippen LogP contribution in [0.3, 0.4) is 0 Å². The van der Waals surface area contributed by atoms with Gasteiger partial charge in [-0.15, -0.1) is 0 Å². The summed E-state index contributed by atoms with van der Waals surface area (Å²) in [5, 5.41) is 7.11. The van der Waals surface area contributed by atoms with Crippen LogP contribution in [0.5, 0.6) is 0 Å². The summed E-state index contributed by atoms with van der Waals surface area (Å²) in [4.78, 5) is 0. The van der Waals surface area contributed by atoms with Crippen molar-refractivity contribution in [2.75, 3.05) is 11.9 Å². The van der Waals surface area contributed by atoms with Crippen LogP contribution in [0.2, 0.25) is 0 Å². The number of aryl methyl sites for hydroxylation is 1. The lowest BCUT2D eigenvalue weighted by Gasteiger charge is -2.11. The number of hydrogen-bond acceptors (Lipinski definition) is 1. The Labute approximate surface area is 152 Å². The van der Waals surface area contributed by atoms with E-state index in [1.165, 1.54) is 11.1 Å². The Morgan fingerprint density at radius 3 is 2.52 bits per heavy atom. The molecule has 0 saturated heterocycles. The molecule has 0 radical (unpaired) electrons. The minimum atomic E-state index is 0.590. The van der Waals surface area contributed by atoms with Gasteiger partial charge in [0.15, 0.2) is 5.11 Å². The summed E-state index contributed by atoms with van der Waals surface area (Å²) in [6.45, 7) is 5.31. The molecule has 122 valence electrons. The molecule has 0 aliphatic carbocycles. The van der Waals surface area contributed by atoms with E-state index in [-0.39, 0.29) is 0 Å². The van der Waals surface area contributed by atoms with Gasteiger partial charge in [0.1, 0.15) is 0 Å².